The van der Waals surface area contributed by atoms with Crippen LogP contribution in [0.15, 0.2) is 30.3 Å². The van der Waals surface area contributed by atoms with Crippen molar-refractivity contribution >= 4 is 17.5 Å². The van der Waals surface area contributed by atoms with Crippen LogP contribution < -0.4 is 15.1 Å². The molecule has 0 spiro atoms. The van der Waals surface area contributed by atoms with Gasteiger partial charge in [0.05, 0.1) is 5.69 Å². The second-order valence-corrected chi connectivity index (χ2v) is 8.27. The summed E-state index contributed by atoms with van der Waals surface area (Å²) in [7, 11) is 0. The summed E-state index contributed by atoms with van der Waals surface area (Å²) in [6.45, 7) is 11.5. The van der Waals surface area contributed by atoms with E-state index in [0.717, 1.165) is 56.4 Å². The minimum atomic E-state index is 0.157. The van der Waals surface area contributed by atoms with Crippen LogP contribution in [0.4, 0.5) is 0 Å². The van der Waals surface area contributed by atoms with Crippen LogP contribution in [-0.2, 0) is 17.9 Å². The van der Waals surface area contributed by atoms with Gasteiger partial charge in [-0.15, -0.1) is 0 Å². The van der Waals surface area contributed by atoms with E-state index in [9.17, 15) is 4.79 Å². The molecule has 1 aliphatic heterocycles. The van der Waals surface area contributed by atoms with E-state index in [4.69, 9.17) is 11.6 Å². The van der Waals surface area contributed by atoms with Crippen LogP contribution in [0.25, 0.3) is 0 Å². The number of nitrogens with one attached hydrogen (secondary N) is 3. The van der Waals surface area contributed by atoms with Gasteiger partial charge in [-0.1, -0.05) is 23.7 Å². The van der Waals surface area contributed by atoms with Gasteiger partial charge in [0.25, 0.3) is 5.91 Å². The molecule has 0 atom stereocenters. The van der Waals surface area contributed by atoms with Gasteiger partial charge >= 0.3 is 0 Å². The highest BCUT2D eigenvalue weighted by Gasteiger charge is 2.24. The Labute approximate surface area is 172 Å². The molecule has 3 N–H and O–H groups in total. The van der Waals surface area contributed by atoms with Crippen LogP contribution in [0.3, 0.4) is 0 Å². The van der Waals surface area contributed by atoms with Gasteiger partial charge in [0, 0.05) is 29.4 Å². The monoisotopic (exact) mass is 405 g/mol. The fourth-order valence-corrected chi connectivity index (χ4v) is 3.98. The van der Waals surface area contributed by atoms with Gasteiger partial charge < -0.3 is 15.1 Å². The molecule has 1 saturated heterocycles. The molecule has 0 aliphatic carbocycles. The molecule has 152 valence electrons. The van der Waals surface area contributed by atoms with Gasteiger partial charge in [0.2, 0.25) is 0 Å². The highest BCUT2D eigenvalue weighted by molar-refractivity contribution is 6.30. The average molecular weight is 406 g/mol. The number of hydrogen-bond acceptors (Lipinski definition) is 2. The predicted octanol–water partition coefficient (Wildman–Crippen LogP) is -0.357. The number of carbonyl (C=O) groups is 1. The van der Waals surface area contributed by atoms with Crippen molar-refractivity contribution in [1.82, 2.24) is 15.1 Å². The molecule has 0 bridgehead atoms. The van der Waals surface area contributed by atoms with E-state index >= 15 is 0 Å². The first kappa shape index (κ1) is 20.8. The van der Waals surface area contributed by atoms with Gasteiger partial charge in [-0.2, -0.15) is 5.10 Å². The number of nitrogens with zero attached hydrogens (tertiary/aromatic N) is 2. The van der Waals surface area contributed by atoms with Crippen LogP contribution in [0.5, 0.6) is 0 Å². The molecule has 6 nitrogen and oxygen atoms in total. The maximum atomic E-state index is 12.2. The second-order valence-electron chi connectivity index (χ2n) is 7.83. The van der Waals surface area contributed by atoms with Crippen molar-refractivity contribution in [3.63, 3.8) is 0 Å². The summed E-state index contributed by atoms with van der Waals surface area (Å²) in [5, 5.41) is 8.30. The zero-order valence-corrected chi connectivity index (χ0v) is 17.7. The largest absolute Gasteiger partial charge is 0.351 e. The molecule has 0 radical (unpaired) electrons. The quantitative estimate of drug-likeness (QED) is 0.525. The van der Waals surface area contributed by atoms with Crippen molar-refractivity contribution in [2.45, 2.75) is 33.4 Å². The highest BCUT2D eigenvalue weighted by Crippen LogP contribution is 2.08. The van der Waals surface area contributed by atoms with Crippen LogP contribution >= 0.6 is 11.6 Å². The summed E-state index contributed by atoms with van der Waals surface area (Å²) in [4.78, 5) is 15.2. The average Bonchev–Trinajstić information content (AvgIpc) is 2.99. The summed E-state index contributed by atoms with van der Waals surface area (Å²) in [6, 6.07) is 10.2. The Balaban J connectivity index is 1.30. The topological polar surface area (TPSA) is 55.8 Å². The number of aryl methyl sites for hydroxylation is 3. The molecule has 1 fully saturated rings. The number of aromatic nitrogens is 2. The SMILES string of the molecule is Cc1cc(C)n(CCCNC(=O)C[NH+]2CC[NH+](Cc3ccc(Cl)cc3)CC2)n1. The molecule has 1 aromatic heterocycles. The zero-order valence-electron chi connectivity index (χ0n) is 16.9. The molecule has 2 aromatic rings. The van der Waals surface area contributed by atoms with Gasteiger partial charge in [0.15, 0.2) is 6.54 Å². The predicted molar refractivity (Wildman–Crippen MR) is 111 cm³/mol. The van der Waals surface area contributed by atoms with Crippen molar-refractivity contribution < 1.29 is 14.6 Å². The summed E-state index contributed by atoms with van der Waals surface area (Å²) >= 11 is 5.95. The van der Waals surface area contributed by atoms with Crippen molar-refractivity contribution in [2.24, 2.45) is 0 Å². The lowest BCUT2D eigenvalue weighted by Crippen LogP contribution is -3.28. The van der Waals surface area contributed by atoms with Gasteiger partial charge in [-0.25, -0.2) is 0 Å². The van der Waals surface area contributed by atoms with E-state index in [2.05, 4.69) is 35.5 Å². The molecule has 1 aliphatic rings. The Hall–Kier alpha value is -1.89. The Morgan fingerprint density at radius 3 is 2.46 bits per heavy atom. The number of hydrogen-bond donors (Lipinski definition) is 3. The second kappa shape index (κ2) is 10.0. The molecule has 7 heteroatoms. The maximum absolute atomic E-state index is 12.2. The third kappa shape index (κ3) is 6.33. The number of benzene rings is 1. The molecule has 1 amide bonds. The fourth-order valence-electron chi connectivity index (χ4n) is 3.85. The lowest BCUT2D eigenvalue weighted by atomic mass is 10.2. The van der Waals surface area contributed by atoms with E-state index in [1.54, 1.807) is 4.90 Å². The van der Waals surface area contributed by atoms with E-state index in [0.29, 0.717) is 13.1 Å². The van der Waals surface area contributed by atoms with Crippen molar-refractivity contribution in [3.05, 3.63) is 52.3 Å². The molecular formula is C21H32ClN5O+2. The minimum Gasteiger partial charge on any atom is -0.351 e. The third-order valence-electron chi connectivity index (χ3n) is 5.41. The molecule has 0 saturated carbocycles. The van der Waals surface area contributed by atoms with Crippen molar-refractivity contribution in [2.75, 3.05) is 39.3 Å². The Morgan fingerprint density at radius 2 is 1.82 bits per heavy atom. The molecule has 28 heavy (non-hydrogen) atoms. The number of rotatable bonds is 8. The van der Waals surface area contributed by atoms with Gasteiger partial charge in [0.1, 0.15) is 32.7 Å². The summed E-state index contributed by atoms with van der Waals surface area (Å²) in [5.74, 6) is 0.157. The molecule has 1 aromatic carbocycles. The van der Waals surface area contributed by atoms with Gasteiger partial charge in [-0.05, 0) is 38.5 Å². The molecule has 0 unspecified atom stereocenters. The first-order chi connectivity index (χ1) is 13.5. The summed E-state index contributed by atoms with van der Waals surface area (Å²) in [6.07, 6.45) is 0.905. The Bertz CT molecular complexity index is 766. The Morgan fingerprint density at radius 1 is 1.14 bits per heavy atom. The number of amides is 1. The number of carbonyl (C=O) groups excluding carboxylic acids is 1. The van der Waals surface area contributed by atoms with E-state index in [-0.39, 0.29) is 5.91 Å². The van der Waals surface area contributed by atoms with Crippen LogP contribution in [0.1, 0.15) is 23.4 Å². The normalized spacial score (nSPS) is 19.5. The van der Waals surface area contributed by atoms with Crippen LogP contribution in [0, 0.1) is 13.8 Å². The number of piperazine rings is 1. The highest BCUT2D eigenvalue weighted by atomic mass is 35.5. The van der Waals surface area contributed by atoms with Crippen molar-refractivity contribution in [3.8, 4) is 0 Å². The standard InChI is InChI=1S/C21H30ClN5O/c1-17-14-18(2)27(24-17)9-3-8-23-21(28)16-26-12-10-25(11-13-26)15-19-4-6-20(22)7-5-19/h4-7,14H,3,8-13,15-16H2,1-2H3,(H,23,28)/p+2. The first-order valence-electron chi connectivity index (χ1n) is 10.2. The Kier molecular flexibility index (Phi) is 7.48. The van der Waals surface area contributed by atoms with Crippen LogP contribution in [-0.4, -0.2) is 55.0 Å². The van der Waals surface area contributed by atoms with E-state index in [1.807, 2.05) is 23.7 Å². The minimum absolute atomic E-state index is 0.157. The first-order valence-corrected chi connectivity index (χ1v) is 10.6. The van der Waals surface area contributed by atoms with E-state index in [1.165, 1.54) is 16.2 Å². The van der Waals surface area contributed by atoms with Gasteiger partial charge in [-0.3, -0.25) is 9.48 Å². The number of halogens is 1. The lowest BCUT2D eigenvalue weighted by Gasteiger charge is -2.29. The molecular weight excluding hydrogens is 374 g/mol. The summed E-state index contributed by atoms with van der Waals surface area (Å²) in [5.41, 5.74) is 3.54. The maximum Gasteiger partial charge on any atom is 0.275 e. The van der Waals surface area contributed by atoms with Crippen LogP contribution in [0.2, 0.25) is 5.02 Å². The smallest absolute Gasteiger partial charge is 0.275 e. The number of quaternary nitrogens is 2. The molecule has 3 rings (SSSR count). The van der Waals surface area contributed by atoms with E-state index < -0.39 is 0 Å². The lowest BCUT2D eigenvalue weighted by molar-refractivity contribution is -1.02. The molecule has 2 heterocycles. The zero-order chi connectivity index (χ0) is 19.9. The third-order valence-corrected chi connectivity index (χ3v) is 5.67. The van der Waals surface area contributed by atoms with Crippen molar-refractivity contribution in [1.29, 1.82) is 0 Å². The fraction of sp³-hybridized carbons (Fsp3) is 0.524. The summed E-state index contributed by atoms with van der Waals surface area (Å²) < 4.78 is 2.01.